The van der Waals surface area contributed by atoms with Crippen LogP contribution in [-0.2, 0) is 13.6 Å². The van der Waals surface area contributed by atoms with E-state index in [4.69, 9.17) is 4.99 Å². The number of piperidine rings is 1. The summed E-state index contributed by atoms with van der Waals surface area (Å²) in [6.45, 7) is 11.8. The van der Waals surface area contributed by atoms with Gasteiger partial charge in [0.1, 0.15) is 12.4 Å². The Morgan fingerprint density at radius 2 is 1.96 bits per heavy atom. The maximum atomic E-state index is 4.90. The van der Waals surface area contributed by atoms with Gasteiger partial charge in [-0.15, -0.1) is 34.2 Å². The SMILES string of the molecule is CCCCNC(=NCc1nnc(C)n1C)N1CCC(CN2CCCCC2)C1.I. The van der Waals surface area contributed by atoms with E-state index in [0.29, 0.717) is 6.54 Å². The van der Waals surface area contributed by atoms with Gasteiger partial charge in [-0.1, -0.05) is 19.8 Å². The maximum absolute atomic E-state index is 4.90. The molecular formula is C20H38IN7. The Balaban J connectivity index is 0.00000280. The average molecular weight is 503 g/mol. The summed E-state index contributed by atoms with van der Waals surface area (Å²) < 4.78 is 2.02. The van der Waals surface area contributed by atoms with E-state index in [0.717, 1.165) is 43.2 Å². The molecule has 0 bridgehead atoms. The number of halogens is 1. The van der Waals surface area contributed by atoms with Crippen molar-refractivity contribution in [1.82, 2.24) is 29.9 Å². The molecule has 0 saturated carbocycles. The molecule has 3 rings (SSSR count). The van der Waals surface area contributed by atoms with Crippen LogP contribution in [0.5, 0.6) is 0 Å². The van der Waals surface area contributed by atoms with Crippen LogP contribution in [0.2, 0.25) is 0 Å². The number of unbranched alkanes of at least 4 members (excludes halogenated alkanes) is 1. The molecule has 7 nitrogen and oxygen atoms in total. The van der Waals surface area contributed by atoms with Gasteiger partial charge in [0.25, 0.3) is 0 Å². The van der Waals surface area contributed by atoms with Crippen molar-refractivity contribution >= 4 is 29.9 Å². The number of rotatable bonds is 7. The van der Waals surface area contributed by atoms with Crippen molar-refractivity contribution in [3.05, 3.63) is 11.6 Å². The summed E-state index contributed by atoms with van der Waals surface area (Å²) in [5.41, 5.74) is 0. The molecule has 1 atom stereocenters. The van der Waals surface area contributed by atoms with E-state index in [1.54, 1.807) is 0 Å². The third-order valence-electron chi connectivity index (χ3n) is 5.92. The number of hydrogen-bond donors (Lipinski definition) is 1. The normalized spacial score (nSPS) is 21.0. The quantitative estimate of drug-likeness (QED) is 0.269. The van der Waals surface area contributed by atoms with Gasteiger partial charge in [0, 0.05) is 33.2 Å². The highest BCUT2D eigenvalue weighted by atomic mass is 127. The smallest absolute Gasteiger partial charge is 0.194 e. The number of aryl methyl sites for hydroxylation is 1. The van der Waals surface area contributed by atoms with E-state index in [9.17, 15) is 0 Å². The number of guanidine groups is 1. The molecular weight excluding hydrogens is 465 g/mol. The number of aromatic nitrogens is 3. The zero-order chi connectivity index (χ0) is 19.1. The summed E-state index contributed by atoms with van der Waals surface area (Å²) in [6, 6.07) is 0. The van der Waals surface area contributed by atoms with Crippen LogP contribution in [-0.4, -0.2) is 69.8 Å². The molecule has 1 aromatic rings. The Morgan fingerprint density at radius 1 is 1.18 bits per heavy atom. The first kappa shape index (κ1) is 23.4. The number of nitrogens with zero attached hydrogens (tertiary/aromatic N) is 6. The minimum absolute atomic E-state index is 0. The lowest BCUT2D eigenvalue weighted by atomic mass is 10.1. The van der Waals surface area contributed by atoms with Crippen LogP contribution < -0.4 is 5.32 Å². The molecule has 2 fully saturated rings. The Morgan fingerprint density at radius 3 is 2.64 bits per heavy atom. The lowest BCUT2D eigenvalue weighted by Crippen LogP contribution is -2.41. The molecule has 2 aliphatic rings. The number of hydrogen-bond acceptors (Lipinski definition) is 4. The highest BCUT2D eigenvalue weighted by molar-refractivity contribution is 14.0. The second-order valence-electron chi connectivity index (χ2n) is 8.10. The predicted molar refractivity (Wildman–Crippen MR) is 125 cm³/mol. The van der Waals surface area contributed by atoms with Crippen molar-refractivity contribution < 1.29 is 0 Å². The summed E-state index contributed by atoms with van der Waals surface area (Å²) in [7, 11) is 2.01. The van der Waals surface area contributed by atoms with Crippen LogP contribution in [0.1, 0.15) is 57.1 Å². The highest BCUT2D eigenvalue weighted by Gasteiger charge is 2.27. The molecule has 8 heteroatoms. The fourth-order valence-electron chi connectivity index (χ4n) is 4.06. The minimum Gasteiger partial charge on any atom is -0.356 e. The Labute approximate surface area is 187 Å². The molecule has 28 heavy (non-hydrogen) atoms. The Hall–Kier alpha value is -0.900. The van der Waals surface area contributed by atoms with Crippen molar-refractivity contribution in [2.45, 2.75) is 58.9 Å². The number of likely N-dealkylation sites (tertiary alicyclic amines) is 2. The van der Waals surface area contributed by atoms with Crippen LogP contribution in [0.3, 0.4) is 0 Å². The predicted octanol–water partition coefficient (Wildman–Crippen LogP) is 2.80. The van der Waals surface area contributed by atoms with Gasteiger partial charge >= 0.3 is 0 Å². The molecule has 2 saturated heterocycles. The summed E-state index contributed by atoms with van der Waals surface area (Å²) in [6.07, 6.45) is 7.80. The largest absolute Gasteiger partial charge is 0.356 e. The number of aliphatic imine (C=N–C) groups is 1. The van der Waals surface area contributed by atoms with Crippen molar-refractivity contribution in [2.75, 3.05) is 39.3 Å². The third-order valence-corrected chi connectivity index (χ3v) is 5.92. The minimum atomic E-state index is 0. The molecule has 1 aromatic heterocycles. The van der Waals surface area contributed by atoms with Gasteiger partial charge in [-0.25, -0.2) is 4.99 Å². The first-order valence-electron chi connectivity index (χ1n) is 10.8. The van der Waals surface area contributed by atoms with Gasteiger partial charge in [-0.05, 0) is 51.6 Å². The molecule has 0 spiro atoms. The zero-order valence-electron chi connectivity index (χ0n) is 17.9. The Bertz CT molecular complexity index is 610. The van der Waals surface area contributed by atoms with Gasteiger partial charge in [-0.3, -0.25) is 0 Å². The van der Waals surface area contributed by atoms with E-state index in [2.05, 4.69) is 32.2 Å². The fraction of sp³-hybridized carbons (Fsp3) is 0.850. The van der Waals surface area contributed by atoms with Gasteiger partial charge in [0.05, 0.1) is 0 Å². The van der Waals surface area contributed by atoms with Crippen molar-refractivity contribution in [1.29, 1.82) is 0 Å². The van der Waals surface area contributed by atoms with Gasteiger partial charge in [0.15, 0.2) is 11.8 Å². The third kappa shape index (κ3) is 6.57. The molecule has 0 aromatic carbocycles. The molecule has 3 heterocycles. The fourth-order valence-corrected chi connectivity index (χ4v) is 4.06. The zero-order valence-corrected chi connectivity index (χ0v) is 20.2. The van der Waals surface area contributed by atoms with Crippen molar-refractivity contribution in [3.63, 3.8) is 0 Å². The van der Waals surface area contributed by atoms with Crippen LogP contribution in [0.15, 0.2) is 4.99 Å². The molecule has 2 aliphatic heterocycles. The van der Waals surface area contributed by atoms with Gasteiger partial charge in [-0.2, -0.15) is 0 Å². The monoisotopic (exact) mass is 503 g/mol. The molecule has 1 unspecified atom stereocenters. The van der Waals surface area contributed by atoms with E-state index in [1.165, 1.54) is 58.2 Å². The first-order chi connectivity index (χ1) is 13.2. The highest BCUT2D eigenvalue weighted by Crippen LogP contribution is 2.20. The topological polar surface area (TPSA) is 61.6 Å². The van der Waals surface area contributed by atoms with Crippen LogP contribution >= 0.6 is 24.0 Å². The number of nitrogens with one attached hydrogen (secondary N) is 1. The van der Waals surface area contributed by atoms with Gasteiger partial charge < -0.3 is 19.7 Å². The molecule has 0 radical (unpaired) electrons. The lowest BCUT2D eigenvalue weighted by molar-refractivity contribution is 0.198. The van der Waals surface area contributed by atoms with E-state index < -0.39 is 0 Å². The van der Waals surface area contributed by atoms with E-state index >= 15 is 0 Å². The summed E-state index contributed by atoms with van der Waals surface area (Å²) in [5.74, 6) is 3.67. The molecule has 1 N–H and O–H groups in total. The van der Waals surface area contributed by atoms with E-state index in [-0.39, 0.29) is 24.0 Å². The first-order valence-corrected chi connectivity index (χ1v) is 10.8. The van der Waals surface area contributed by atoms with Crippen molar-refractivity contribution in [2.24, 2.45) is 18.0 Å². The van der Waals surface area contributed by atoms with Crippen molar-refractivity contribution in [3.8, 4) is 0 Å². The maximum Gasteiger partial charge on any atom is 0.194 e. The average Bonchev–Trinajstić information content (AvgIpc) is 3.27. The molecule has 0 aliphatic carbocycles. The Kier molecular flexibility index (Phi) is 9.98. The van der Waals surface area contributed by atoms with Gasteiger partial charge in [0.2, 0.25) is 0 Å². The standard InChI is InChI=1S/C20H37N7.HI/c1-4-5-10-21-20(22-14-19-24-23-17(2)25(19)3)27-13-9-18(16-27)15-26-11-7-6-8-12-26;/h18H,4-16H2,1-3H3,(H,21,22);1H. The second kappa shape index (κ2) is 11.9. The lowest BCUT2D eigenvalue weighted by Gasteiger charge is -2.29. The van der Waals surface area contributed by atoms with Crippen LogP contribution in [0.25, 0.3) is 0 Å². The second-order valence-corrected chi connectivity index (χ2v) is 8.10. The molecule has 0 amide bonds. The summed E-state index contributed by atoms with van der Waals surface area (Å²) >= 11 is 0. The van der Waals surface area contributed by atoms with Crippen LogP contribution in [0, 0.1) is 12.8 Å². The van der Waals surface area contributed by atoms with E-state index in [1.807, 2.05) is 18.5 Å². The molecule has 160 valence electrons. The van der Waals surface area contributed by atoms with Crippen LogP contribution in [0.4, 0.5) is 0 Å². The summed E-state index contributed by atoms with van der Waals surface area (Å²) in [5, 5.41) is 12.0. The summed E-state index contributed by atoms with van der Waals surface area (Å²) in [4.78, 5) is 10.0.